The van der Waals surface area contributed by atoms with Gasteiger partial charge in [0.1, 0.15) is 5.82 Å². The van der Waals surface area contributed by atoms with Gasteiger partial charge in [0, 0.05) is 42.5 Å². The number of carbonyl (C=O) groups is 2. The monoisotopic (exact) mass is 512 g/mol. The molecule has 1 amide bonds. The topological polar surface area (TPSA) is 86.4 Å². The molecule has 1 aromatic heterocycles. The zero-order chi connectivity index (χ0) is 26.8. The molecule has 0 spiro atoms. The first-order valence-electron chi connectivity index (χ1n) is 12.7. The highest BCUT2D eigenvalue weighted by Crippen LogP contribution is 2.23. The molecule has 3 aromatic carbocycles. The van der Waals surface area contributed by atoms with E-state index in [1.807, 2.05) is 44.2 Å². The summed E-state index contributed by atoms with van der Waals surface area (Å²) in [6, 6.07) is 20.6. The molecule has 4 aromatic rings. The van der Waals surface area contributed by atoms with E-state index in [4.69, 9.17) is 0 Å². The zero-order valence-corrected chi connectivity index (χ0v) is 21.4. The van der Waals surface area contributed by atoms with Crippen LogP contribution < -0.4 is 5.56 Å². The first kappa shape index (κ1) is 25.5. The number of benzene rings is 3. The number of aromatic amines is 1. The lowest BCUT2D eigenvalue weighted by molar-refractivity contribution is 0.0315. The summed E-state index contributed by atoms with van der Waals surface area (Å²) >= 11 is 0. The highest BCUT2D eigenvalue weighted by molar-refractivity contribution is 5.98. The molecule has 2 heterocycles. The summed E-state index contributed by atoms with van der Waals surface area (Å²) in [5, 5.41) is 7.97. The minimum atomic E-state index is -0.584. The van der Waals surface area contributed by atoms with Gasteiger partial charge in [-0.25, -0.2) is 9.49 Å². The predicted octanol–water partition coefficient (Wildman–Crippen LogP) is 4.07. The fourth-order valence-corrected chi connectivity index (χ4v) is 5.10. The first-order valence-corrected chi connectivity index (χ1v) is 12.7. The molecule has 0 aliphatic carbocycles. The second-order valence-electron chi connectivity index (χ2n) is 9.91. The van der Waals surface area contributed by atoms with Crippen LogP contribution in [-0.2, 0) is 6.42 Å². The molecule has 1 saturated heterocycles. The predicted molar refractivity (Wildman–Crippen MR) is 144 cm³/mol. The molecule has 2 atom stereocenters. The summed E-state index contributed by atoms with van der Waals surface area (Å²) < 4.78 is 14.9. The number of hydrogen-bond acceptors (Lipinski definition) is 5. The van der Waals surface area contributed by atoms with Gasteiger partial charge in [0.05, 0.1) is 23.2 Å². The number of nitrogens with one attached hydrogen (secondary N) is 1. The Hall–Kier alpha value is -4.17. The van der Waals surface area contributed by atoms with E-state index in [9.17, 15) is 18.8 Å². The van der Waals surface area contributed by atoms with Crippen LogP contribution in [0, 0.1) is 5.82 Å². The quantitative estimate of drug-likeness (QED) is 0.394. The Labute approximate surface area is 219 Å². The van der Waals surface area contributed by atoms with Gasteiger partial charge in [-0.3, -0.25) is 19.3 Å². The van der Waals surface area contributed by atoms with Crippen molar-refractivity contribution >= 4 is 22.5 Å². The number of carbonyl (C=O) groups excluding carboxylic acids is 2. The number of rotatable bonds is 6. The second kappa shape index (κ2) is 10.7. The van der Waals surface area contributed by atoms with Crippen LogP contribution in [0.15, 0.2) is 77.6 Å². The van der Waals surface area contributed by atoms with Crippen molar-refractivity contribution in [3.05, 3.63) is 111 Å². The number of halogens is 1. The largest absolute Gasteiger partial charge is 0.333 e. The van der Waals surface area contributed by atoms with E-state index in [0.717, 1.165) is 5.39 Å². The van der Waals surface area contributed by atoms with E-state index in [2.05, 4.69) is 15.1 Å². The molecule has 1 aliphatic heterocycles. The lowest BCUT2D eigenvalue weighted by Crippen LogP contribution is -2.59. The summed E-state index contributed by atoms with van der Waals surface area (Å²) in [5.74, 6) is -0.928. The zero-order valence-electron chi connectivity index (χ0n) is 21.4. The van der Waals surface area contributed by atoms with Gasteiger partial charge in [0.15, 0.2) is 5.78 Å². The van der Waals surface area contributed by atoms with Crippen LogP contribution in [0.2, 0.25) is 0 Å². The van der Waals surface area contributed by atoms with Crippen molar-refractivity contribution in [1.82, 2.24) is 20.0 Å². The summed E-state index contributed by atoms with van der Waals surface area (Å²) in [5.41, 5.74) is 1.75. The highest BCUT2D eigenvalue weighted by Gasteiger charge is 2.34. The second-order valence-corrected chi connectivity index (χ2v) is 9.91. The van der Waals surface area contributed by atoms with Crippen LogP contribution in [0.1, 0.15) is 45.8 Å². The van der Waals surface area contributed by atoms with Gasteiger partial charge in [0.2, 0.25) is 0 Å². The molecular formula is C30H29FN4O3. The third-order valence-corrected chi connectivity index (χ3v) is 7.23. The Morgan fingerprint density at radius 3 is 2.42 bits per heavy atom. The Balaban J connectivity index is 1.33. The van der Waals surface area contributed by atoms with Crippen LogP contribution in [0.25, 0.3) is 10.8 Å². The van der Waals surface area contributed by atoms with Crippen molar-refractivity contribution in [1.29, 1.82) is 0 Å². The van der Waals surface area contributed by atoms with E-state index in [0.29, 0.717) is 41.7 Å². The maximum Gasteiger partial charge on any atom is 0.272 e. The van der Waals surface area contributed by atoms with Gasteiger partial charge in [-0.05, 0) is 37.6 Å². The average molecular weight is 513 g/mol. The summed E-state index contributed by atoms with van der Waals surface area (Å²) in [4.78, 5) is 42.1. The van der Waals surface area contributed by atoms with E-state index in [-0.39, 0.29) is 41.4 Å². The van der Waals surface area contributed by atoms with Crippen molar-refractivity contribution in [2.45, 2.75) is 32.4 Å². The number of H-pyrrole nitrogens is 1. The molecule has 5 rings (SSSR count). The smallest absolute Gasteiger partial charge is 0.272 e. The Bertz CT molecular complexity index is 1550. The fourth-order valence-electron chi connectivity index (χ4n) is 5.10. The third kappa shape index (κ3) is 5.13. The van der Waals surface area contributed by atoms with Crippen molar-refractivity contribution in [3.63, 3.8) is 0 Å². The molecule has 1 aliphatic rings. The standard InChI is InChI=1S/C30H29FN4O3/c1-19-17-35(20(2)16-34(19)18-28(36)22-8-4-3-5-9-22)30(38)25-14-21(12-13-26(25)31)15-27-23-10-6-7-11-24(23)29(37)33-32-27/h3-14,19-20H,15-18H2,1-2H3,(H,33,37)/t19-,20+/m1/s1. The number of fused-ring (bicyclic) bond motifs is 1. The number of piperazine rings is 1. The van der Waals surface area contributed by atoms with Crippen LogP contribution in [0.3, 0.4) is 0 Å². The normalized spacial score (nSPS) is 18.0. The van der Waals surface area contributed by atoms with E-state index in [1.54, 1.807) is 41.3 Å². The lowest BCUT2D eigenvalue weighted by atomic mass is 10.0. The molecule has 0 unspecified atom stereocenters. The summed E-state index contributed by atoms with van der Waals surface area (Å²) in [6.07, 6.45) is 0.333. The van der Waals surface area contributed by atoms with Gasteiger partial charge < -0.3 is 4.90 Å². The number of ketones is 1. The molecule has 38 heavy (non-hydrogen) atoms. The van der Waals surface area contributed by atoms with Crippen molar-refractivity contribution in [2.24, 2.45) is 0 Å². The van der Waals surface area contributed by atoms with Crippen LogP contribution in [0.5, 0.6) is 0 Å². The van der Waals surface area contributed by atoms with E-state index in [1.165, 1.54) is 6.07 Å². The van der Waals surface area contributed by atoms with Crippen LogP contribution in [0.4, 0.5) is 4.39 Å². The Morgan fingerprint density at radius 2 is 1.66 bits per heavy atom. The third-order valence-electron chi connectivity index (χ3n) is 7.23. The fraction of sp³-hybridized carbons (Fsp3) is 0.267. The Kier molecular flexibility index (Phi) is 7.15. The first-order chi connectivity index (χ1) is 18.3. The minimum absolute atomic E-state index is 0.00379. The van der Waals surface area contributed by atoms with Gasteiger partial charge in [0.25, 0.3) is 11.5 Å². The van der Waals surface area contributed by atoms with Crippen LogP contribution >= 0.6 is 0 Å². The number of Topliss-reactive ketones (excluding diaryl/α,β-unsaturated/α-hetero) is 1. The van der Waals surface area contributed by atoms with Gasteiger partial charge >= 0.3 is 0 Å². The summed E-state index contributed by atoms with van der Waals surface area (Å²) in [7, 11) is 0. The number of hydrogen-bond donors (Lipinski definition) is 1. The summed E-state index contributed by atoms with van der Waals surface area (Å²) in [6.45, 7) is 5.06. The SMILES string of the molecule is C[C@@H]1CN(C(=O)c2cc(Cc3n[nH]c(=O)c4ccccc34)ccc2F)[C@@H](C)CN1CC(=O)c1ccccc1. The molecule has 8 heteroatoms. The molecule has 7 nitrogen and oxygen atoms in total. The maximum absolute atomic E-state index is 14.9. The molecule has 1 N–H and O–H groups in total. The lowest BCUT2D eigenvalue weighted by Gasteiger charge is -2.44. The van der Waals surface area contributed by atoms with Crippen molar-refractivity contribution in [2.75, 3.05) is 19.6 Å². The number of aromatic nitrogens is 2. The number of amides is 1. The maximum atomic E-state index is 14.9. The molecule has 0 bridgehead atoms. The van der Waals surface area contributed by atoms with Crippen molar-refractivity contribution < 1.29 is 14.0 Å². The molecular weight excluding hydrogens is 483 g/mol. The van der Waals surface area contributed by atoms with Gasteiger partial charge in [-0.15, -0.1) is 0 Å². The minimum Gasteiger partial charge on any atom is -0.333 e. The molecule has 194 valence electrons. The molecule has 1 fully saturated rings. The Morgan fingerprint density at radius 1 is 0.947 bits per heavy atom. The van der Waals surface area contributed by atoms with Crippen LogP contribution in [-0.4, -0.2) is 63.4 Å². The molecule has 0 radical (unpaired) electrons. The van der Waals surface area contributed by atoms with Gasteiger partial charge in [-0.1, -0.05) is 54.6 Å². The van der Waals surface area contributed by atoms with Gasteiger partial charge in [-0.2, -0.15) is 5.10 Å². The average Bonchev–Trinajstić information content (AvgIpc) is 2.93. The van der Waals surface area contributed by atoms with E-state index < -0.39 is 5.82 Å². The number of nitrogens with zero attached hydrogens (tertiary/aromatic N) is 3. The van der Waals surface area contributed by atoms with Crippen molar-refractivity contribution in [3.8, 4) is 0 Å². The molecule has 0 saturated carbocycles. The van der Waals surface area contributed by atoms with E-state index >= 15 is 0 Å². The highest BCUT2D eigenvalue weighted by atomic mass is 19.1.